The van der Waals surface area contributed by atoms with Gasteiger partial charge in [-0.15, -0.1) is 0 Å². The van der Waals surface area contributed by atoms with Gasteiger partial charge >= 0.3 is 5.69 Å². The molecule has 0 aliphatic heterocycles. The van der Waals surface area contributed by atoms with Crippen LogP contribution >= 0.6 is 34.5 Å². The predicted molar refractivity (Wildman–Crippen MR) is 116 cm³/mol. The Labute approximate surface area is 178 Å². The van der Waals surface area contributed by atoms with E-state index < -0.39 is 4.92 Å². The number of nitro groups is 1. The normalized spacial score (nSPS) is 10.9. The highest BCUT2D eigenvalue weighted by Crippen LogP contribution is 2.37. The van der Waals surface area contributed by atoms with Crippen LogP contribution in [-0.4, -0.2) is 19.9 Å². The molecule has 0 aliphatic rings. The number of anilines is 4. The molecule has 0 amide bonds. The Bertz CT molecular complexity index is 1250. The molecular weight excluding hydrogens is 435 g/mol. The highest BCUT2D eigenvalue weighted by molar-refractivity contribution is 7.22. The van der Waals surface area contributed by atoms with Gasteiger partial charge in [-0.25, -0.2) is 15.0 Å². The van der Waals surface area contributed by atoms with Crippen molar-refractivity contribution in [3.05, 3.63) is 68.4 Å². The minimum atomic E-state index is -0.568. The Morgan fingerprint density at radius 1 is 1.10 bits per heavy atom. The van der Waals surface area contributed by atoms with Crippen molar-refractivity contribution in [1.82, 2.24) is 15.0 Å². The van der Waals surface area contributed by atoms with Gasteiger partial charge in [0.1, 0.15) is 6.33 Å². The van der Waals surface area contributed by atoms with Gasteiger partial charge in [0.2, 0.25) is 11.6 Å². The first-order valence-electron chi connectivity index (χ1n) is 8.27. The second-order valence-corrected chi connectivity index (χ2v) is 7.87. The summed E-state index contributed by atoms with van der Waals surface area (Å²) < 4.78 is 0.966. The van der Waals surface area contributed by atoms with Crippen LogP contribution < -0.4 is 10.6 Å². The van der Waals surface area contributed by atoms with Crippen molar-refractivity contribution in [2.45, 2.75) is 6.92 Å². The zero-order valence-corrected chi connectivity index (χ0v) is 17.1. The number of aryl methyl sites for hydroxylation is 1. The highest BCUT2D eigenvalue weighted by atomic mass is 35.5. The number of nitrogens with one attached hydrogen (secondary N) is 2. The number of hydrogen-bond acceptors (Lipinski definition) is 8. The molecule has 0 atom stereocenters. The van der Waals surface area contributed by atoms with E-state index in [-0.39, 0.29) is 17.3 Å². The molecule has 2 N–H and O–H groups in total. The van der Waals surface area contributed by atoms with Gasteiger partial charge in [-0.2, -0.15) is 0 Å². The lowest BCUT2D eigenvalue weighted by atomic mass is 10.2. The van der Waals surface area contributed by atoms with Crippen LogP contribution in [0.15, 0.2) is 42.7 Å². The van der Waals surface area contributed by atoms with Crippen LogP contribution in [0.5, 0.6) is 0 Å². The zero-order valence-electron chi connectivity index (χ0n) is 14.8. The molecule has 0 unspecified atom stereocenters. The summed E-state index contributed by atoms with van der Waals surface area (Å²) in [6.07, 6.45) is 1.22. The summed E-state index contributed by atoms with van der Waals surface area (Å²) in [5.74, 6) is -0.00341. The van der Waals surface area contributed by atoms with E-state index in [1.54, 1.807) is 18.2 Å². The molecule has 0 saturated heterocycles. The van der Waals surface area contributed by atoms with Crippen LogP contribution in [0.4, 0.5) is 28.1 Å². The number of rotatable bonds is 5. The average molecular weight is 447 g/mol. The van der Waals surface area contributed by atoms with Crippen molar-refractivity contribution >= 4 is 72.9 Å². The average Bonchev–Trinajstić information content (AvgIpc) is 3.08. The molecule has 4 rings (SSSR count). The lowest BCUT2D eigenvalue weighted by Crippen LogP contribution is -2.05. The topological polar surface area (TPSA) is 106 Å². The summed E-state index contributed by atoms with van der Waals surface area (Å²) >= 11 is 13.5. The molecule has 0 radical (unpaired) electrons. The van der Waals surface area contributed by atoms with Gasteiger partial charge in [0.25, 0.3) is 0 Å². The molecule has 2 heterocycles. The standard InChI is InChI=1S/C18H12Cl2N6O2S/c1-9-3-2-4-13-14(9)24-18(29-13)25-17-15(26(27)28)16(21-8-22-17)23-12-7-10(19)5-6-11(12)20/h2-8H,1H3,(H2,21,22,23,24,25). The number of nitrogens with zero attached hydrogens (tertiary/aromatic N) is 4. The molecule has 29 heavy (non-hydrogen) atoms. The summed E-state index contributed by atoms with van der Waals surface area (Å²) in [5, 5.41) is 18.8. The van der Waals surface area contributed by atoms with Crippen LogP contribution in [0.2, 0.25) is 10.0 Å². The minimum absolute atomic E-state index is 0.0161. The molecular formula is C18H12Cl2N6O2S. The zero-order chi connectivity index (χ0) is 20.5. The van der Waals surface area contributed by atoms with E-state index in [0.717, 1.165) is 15.8 Å². The van der Waals surface area contributed by atoms with Crippen LogP contribution in [0.25, 0.3) is 10.2 Å². The number of benzene rings is 2. The van der Waals surface area contributed by atoms with E-state index in [2.05, 4.69) is 25.6 Å². The highest BCUT2D eigenvalue weighted by Gasteiger charge is 2.24. The fourth-order valence-electron chi connectivity index (χ4n) is 2.70. The quantitative estimate of drug-likeness (QED) is 0.281. The third kappa shape index (κ3) is 3.93. The van der Waals surface area contributed by atoms with Crippen molar-refractivity contribution in [1.29, 1.82) is 0 Å². The molecule has 11 heteroatoms. The molecule has 2 aromatic carbocycles. The van der Waals surface area contributed by atoms with Crippen LogP contribution in [0.1, 0.15) is 5.56 Å². The predicted octanol–water partition coefficient (Wildman–Crippen LogP) is 6.10. The number of aromatic nitrogens is 3. The lowest BCUT2D eigenvalue weighted by molar-refractivity contribution is -0.383. The van der Waals surface area contributed by atoms with Crippen molar-refractivity contribution in [3.63, 3.8) is 0 Å². The van der Waals surface area contributed by atoms with Gasteiger partial charge in [-0.3, -0.25) is 10.1 Å². The Kier molecular flexibility index (Phi) is 5.18. The molecule has 146 valence electrons. The summed E-state index contributed by atoms with van der Waals surface area (Å²) in [5.41, 5.74) is 1.91. The molecule has 0 fully saturated rings. The summed E-state index contributed by atoms with van der Waals surface area (Å²) in [4.78, 5) is 23.8. The van der Waals surface area contributed by atoms with Crippen molar-refractivity contribution in [3.8, 4) is 0 Å². The van der Waals surface area contributed by atoms with E-state index in [4.69, 9.17) is 23.2 Å². The molecule has 0 aliphatic carbocycles. The molecule has 0 bridgehead atoms. The van der Waals surface area contributed by atoms with Crippen LogP contribution in [0, 0.1) is 17.0 Å². The fourth-order valence-corrected chi connectivity index (χ4v) is 3.98. The minimum Gasteiger partial charge on any atom is -0.333 e. The number of fused-ring (bicyclic) bond motifs is 1. The lowest BCUT2D eigenvalue weighted by Gasteiger charge is -2.10. The van der Waals surface area contributed by atoms with Crippen LogP contribution in [0.3, 0.4) is 0 Å². The number of hydrogen-bond donors (Lipinski definition) is 2. The summed E-state index contributed by atoms with van der Waals surface area (Å²) in [7, 11) is 0. The Balaban J connectivity index is 1.73. The third-order valence-corrected chi connectivity index (χ3v) is 5.53. The fraction of sp³-hybridized carbons (Fsp3) is 0.0556. The number of thiazole rings is 1. The van der Waals surface area contributed by atoms with Gasteiger partial charge in [-0.1, -0.05) is 46.7 Å². The largest absolute Gasteiger partial charge is 0.353 e. The molecule has 4 aromatic rings. The van der Waals surface area contributed by atoms with E-state index in [1.165, 1.54) is 17.7 Å². The van der Waals surface area contributed by atoms with Gasteiger partial charge in [0, 0.05) is 5.02 Å². The SMILES string of the molecule is Cc1cccc2sc(Nc3ncnc(Nc4cc(Cl)ccc4Cl)c3[N+](=O)[O-])nc12. The molecule has 2 aromatic heterocycles. The first-order chi connectivity index (χ1) is 13.9. The van der Waals surface area contributed by atoms with E-state index >= 15 is 0 Å². The Morgan fingerprint density at radius 2 is 1.86 bits per heavy atom. The van der Waals surface area contributed by atoms with Gasteiger partial charge < -0.3 is 10.6 Å². The maximum absolute atomic E-state index is 11.8. The first-order valence-corrected chi connectivity index (χ1v) is 9.84. The maximum atomic E-state index is 11.8. The van der Waals surface area contributed by atoms with Crippen molar-refractivity contribution in [2.75, 3.05) is 10.6 Å². The van der Waals surface area contributed by atoms with E-state index in [0.29, 0.717) is 20.9 Å². The van der Waals surface area contributed by atoms with E-state index in [1.807, 2.05) is 25.1 Å². The summed E-state index contributed by atoms with van der Waals surface area (Å²) in [6.45, 7) is 1.95. The second-order valence-electron chi connectivity index (χ2n) is 5.99. The summed E-state index contributed by atoms with van der Waals surface area (Å²) in [6, 6.07) is 10.6. The monoisotopic (exact) mass is 446 g/mol. The van der Waals surface area contributed by atoms with Gasteiger partial charge in [0.15, 0.2) is 5.13 Å². The smallest absolute Gasteiger partial charge is 0.333 e. The van der Waals surface area contributed by atoms with Crippen LogP contribution in [-0.2, 0) is 0 Å². The third-order valence-electron chi connectivity index (χ3n) is 4.03. The molecule has 0 spiro atoms. The number of para-hydroxylation sites is 1. The molecule has 0 saturated carbocycles. The first kappa shape index (κ1) is 19.3. The Hall–Kier alpha value is -3.01. The maximum Gasteiger partial charge on any atom is 0.353 e. The van der Waals surface area contributed by atoms with Gasteiger partial charge in [-0.05, 0) is 36.8 Å². The van der Waals surface area contributed by atoms with Crippen molar-refractivity contribution in [2.24, 2.45) is 0 Å². The Morgan fingerprint density at radius 3 is 2.59 bits per heavy atom. The van der Waals surface area contributed by atoms with Crippen molar-refractivity contribution < 1.29 is 4.92 Å². The van der Waals surface area contributed by atoms with Gasteiger partial charge in [0.05, 0.1) is 25.8 Å². The number of halogens is 2. The second kappa shape index (κ2) is 7.78. The van der Waals surface area contributed by atoms with E-state index in [9.17, 15) is 10.1 Å². The molecule has 8 nitrogen and oxygen atoms in total.